The molecule has 0 saturated carbocycles. The lowest BCUT2D eigenvalue weighted by Gasteiger charge is -2.14. The number of allylic oxidation sites excluding steroid dienone is 1. The van der Waals surface area contributed by atoms with Crippen molar-refractivity contribution in [2.45, 2.75) is 11.8 Å². The molecule has 1 saturated heterocycles. The summed E-state index contributed by atoms with van der Waals surface area (Å²) in [6, 6.07) is 10.2. The average Bonchev–Trinajstić information content (AvgIpc) is 2.31. The maximum atomic E-state index is 6.34. The molecule has 0 aromatic heterocycles. The molecule has 0 aliphatic carbocycles. The van der Waals surface area contributed by atoms with Crippen molar-refractivity contribution < 1.29 is 0 Å². The van der Waals surface area contributed by atoms with Crippen molar-refractivity contribution in [2.75, 3.05) is 11.5 Å². The van der Waals surface area contributed by atoms with Crippen LogP contribution in [0.15, 0.2) is 40.6 Å². The van der Waals surface area contributed by atoms with Gasteiger partial charge in [0.05, 0.1) is 5.38 Å². The molecule has 1 fully saturated rings. The third-order valence-electron chi connectivity index (χ3n) is 2.18. The number of benzene rings is 1. The highest BCUT2D eigenvalue weighted by molar-refractivity contribution is 8.22. The highest BCUT2D eigenvalue weighted by Gasteiger charge is 2.10. The number of hydrogen-bond acceptors (Lipinski definition) is 2. The van der Waals surface area contributed by atoms with Gasteiger partial charge in [-0.2, -0.15) is 0 Å². The number of alkyl halides is 1. The first-order valence-electron chi connectivity index (χ1n) is 5.03. The molecule has 1 aromatic rings. The van der Waals surface area contributed by atoms with E-state index < -0.39 is 0 Å². The van der Waals surface area contributed by atoms with E-state index in [1.54, 1.807) is 0 Å². The lowest BCUT2D eigenvalue weighted by atomic mass is 10.1. The molecule has 1 aromatic carbocycles. The van der Waals surface area contributed by atoms with Crippen LogP contribution >= 0.6 is 35.1 Å². The van der Waals surface area contributed by atoms with Crippen molar-refractivity contribution in [1.29, 1.82) is 0 Å². The summed E-state index contributed by atoms with van der Waals surface area (Å²) in [7, 11) is 0. The summed E-state index contributed by atoms with van der Waals surface area (Å²) in [5.74, 6) is 2.47. The van der Waals surface area contributed by atoms with Crippen molar-refractivity contribution in [3.05, 3.63) is 46.2 Å². The van der Waals surface area contributed by atoms with E-state index in [1.165, 1.54) is 27.7 Å². The minimum atomic E-state index is 0.0132. The van der Waals surface area contributed by atoms with E-state index in [1.807, 2.05) is 41.7 Å². The maximum Gasteiger partial charge on any atom is 0.0784 e. The van der Waals surface area contributed by atoms with Crippen LogP contribution < -0.4 is 0 Å². The maximum absolute atomic E-state index is 6.34. The largest absolute Gasteiger partial charge is 0.120 e. The highest BCUT2D eigenvalue weighted by Crippen LogP contribution is 2.37. The monoisotopic (exact) mass is 256 g/mol. The molecular weight excluding hydrogens is 244 g/mol. The van der Waals surface area contributed by atoms with Crippen LogP contribution in [0, 0.1) is 0 Å². The molecule has 1 aliphatic heterocycles. The first-order valence-corrected chi connectivity index (χ1v) is 7.43. The molecule has 0 radical (unpaired) electrons. The minimum absolute atomic E-state index is 0.0132. The Bertz CT molecular complexity index is 327. The molecule has 0 bridgehead atoms. The first-order chi connectivity index (χ1) is 7.36. The molecule has 1 atom stereocenters. The molecular formula is C12H13ClS2. The zero-order valence-electron chi connectivity index (χ0n) is 8.36. The predicted molar refractivity (Wildman–Crippen MR) is 72.7 cm³/mol. The minimum Gasteiger partial charge on any atom is -0.120 e. The zero-order chi connectivity index (χ0) is 10.5. The smallest absolute Gasteiger partial charge is 0.0784 e. The molecule has 0 spiro atoms. The standard InChI is InChI=1S/C12H13ClS2/c13-11(10-5-2-1-3-6-10)9-12-14-7-4-8-15-12/h1-3,5-6,9,11H,4,7-8H2. The van der Waals surface area contributed by atoms with Crippen molar-refractivity contribution in [3.63, 3.8) is 0 Å². The molecule has 1 unspecified atom stereocenters. The summed E-state index contributed by atoms with van der Waals surface area (Å²) in [5, 5.41) is 0.0132. The van der Waals surface area contributed by atoms with Gasteiger partial charge < -0.3 is 0 Å². The van der Waals surface area contributed by atoms with Crippen molar-refractivity contribution >= 4 is 35.1 Å². The van der Waals surface area contributed by atoms with Crippen LogP contribution in [0.25, 0.3) is 0 Å². The van der Waals surface area contributed by atoms with Crippen molar-refractivity contribution in [1.82, 2.24) is 0 Å². The van der Waals surface area contributed by atoms with Gasteiger partial charge in [-0.05, 0) is 29.6 Å². The SMILES string of the molecule is ClC(C=C1SCCCS1)c1ccccc1. The Morgan fingerprint density at radius 2 is 1.80 bits per heavy atom. The molecule has 1 heterocycles. The van der Waals surface area contributed by atoms with E-state index in [4.69, 9.17) is 11.6 Å². The van der Waals surface area contributed by atoms with Crippen LogP contribution in [-0.2, 0) is 0 Å². The highest BCUT2D eigenvalue weighted by atomic mass is 35.5. The molecule has 0 amide bonds. The van der Waals surface area contributed by atoms with Crippen molar-refractivity contribution in [2.24, 2.45) is 0 Å². The Kier molecular flexibility index (Phi) is 4.48. The van der Waals surface area contributed by atoms with Crippen LogP contribution in [0.5, 0.6) is 0 Å². The fourth-order valence-electron chi connectivity index (χ4n) is 1.39. The van der Waals surface area contributed by atoms with E-state index in [2.05, 4.69) is 18.2 Å². The summed E-state index contributed by atoms with van der Waals surface area (Å²) in [5.41, 5.74) is 1.18. The second kappa shape index (κ2) is 5.88. The van der Waals surface area contributed by atoms with Crippen LogP contribution in [0.1, 0.15) is 17.4 Å². The summed E-state index contributed by atoms with van der Waals surface area (Å²) in [6.07, 6.45) is 3.48. The van der Waals surface area contributed by atoms with E-state index >= 15 is 0 Å². The van der Waals surface area contributed by atoms with Gasteiger partial charge in [0.1, 0.15) is 0 Å². The van der Waals surface area contributed by atoms with E-state index in [9.17, 15) is 0 Å². The third kappa shape index (κ3) is 3.47. The van der Waals surface area contributed by atoms with Gasteiger partial charge in [0.15, 0.2) is 0 Å². The lowest BCUT2D eigenvalue weighted by molar-refractivity contribution is 1.12. The quantitative estimate of drug-likeness (QED) is 0.705. The van der Waals surface area contributed by atoms with Crippen LogP contribution in [0.3, 0.4) is 0 Å². The predicted octanol–water partition coefficient (Wildman–Crippen LogP) is 4.68. The molecule has 0 nitrogen and oxygen atoms in total. The first kappa shape index (κ1) is 11.4. The number of hydrogen-bond donors (Lipinski definition) is 0. The van der Waals surface area contributed by atoms with E-state index in [0.29, 0.717) is 0 Å². The van der Waals surface area contributed by atoms with Gasteiger partial charge in [-0.15, -0.1) is 35.1 Å². The molecule has 0 N–H and O–H groups in total. The number of rotatable bonds is 2. The zero-order valence-corrected chi connectivity index (χ0v) is 10.7. The Hall–Kier alpha value is -0.0500. The van der Waals surface area contributed by atoms with Gasteiger partial charge in [-0.1, -0.05) is 30.3 Å². The number of halogens is 1. The van der Waals surface area contributed by atoms with Gasteiger partial charge >= 0.3 is 0 Å². The summed E-state index contributed by atoms with van der Waals surface area (Å²) < 4.78 is 1.38. The molecule has 2 rings (SSSR count). The molecule has 1 aliphatic rings. The Labute approximate surface area is 104 Å². The second-order valence-corrected chi connectivity index (χ2v) is 6.35. The van der Waals surface area contributed by atoms with Gasteiger partial charge in [-0.25, -0.2) is 0 Å². The fraction of sp³-hybridized carbons (Fsp3) is 0.333. The molecule has 3 heteroatoms. The van der Waals surface area contributed by atoms with Crippen LogP contribution in [-0.4, -0.2) is 11.5 Å². The third-order valence-corrected chi connectivity index (χ3v) is 5.09. The van der Waals surface area contributed by atoms with Crippen LogP contribution in [0.2, 0.25) is 0 Å². The number of thioether (sulfide) groups is 2. The molecule has 15 heavy (non-hydrogen) atoms. The average molecular weight is 257 g/mol. The summed E-state index contributed by atoms with van der Waals surface area (Å²) in [6.45, 7) is 0. The second-order valence-electron chi connectivity index (χ2n) is 3.35. The van der Waals surface area contributed by atoms with Gasteiger partial charge in [0.25, 0.3) is 0 Å². The van der Waals surface area contributed by atoms with Gasteiger partial charge in [-0.3, -0.25) is 0 Å². The topological polar surface area (TPSA) is 0 Å². The summed E-state index contributed by atoms with van der Waals surface area (Å²) >= 11 is 10.2. The van der Waals surface area contributed by atoms with Crippen molar-refractivity contribution in [3.8, 4) is 0 Å². The normalized spacial score (nSPS) is 18.6. The fourth-order valence-corrected chi connectivity index (χ4v) is 4.28. The Morgan fingerprint density at radius 3 is 2.47 bits per heavy atom. The lowest BCUT2D eigenvalue weighted by Crippen LogP contribution is -1.93. The van der Waals surface area contributed by atoms with Gasteiger partial charge in [0, 0.05) is 4.24 Å². The Morgan fingerprint density at radius 1 is 1.13 bits per heavy atom. The Balaban J connectivity index is 2.05. The van der Waals surface area contributed by atoms with Gasteiger partial charge in [0.2, 0.25) is 0 Å². The van der Waals surface area contributed by atoms with E-state index in [-0.39, 0.29) is 5.38 Å². The van der Waals surface area contributed by atoms with E-state index in [0.717, 1.165) is 0 Å². The molecule has 80 valence electrons. The summed E-state index contributed by atoms with van der Waals surface area (Å²) in [4.78, 5) is 0. The van der Waals surface area contributed by atoms with Crippen LogP contribution in [0.4, 0.5) is 0 Å².